The quantitative estimate of drug-likeness (QED) is 0.537. The second-order valence-corrected chi connectivity index (χ2v) is 3.61. The summed E-state index contributed by atoms with van der Waals surface area (Å²) in [5.74, 6) is 1.45. The second kappa shape index (κ2) is 5.86. The summed E-state index contributed by atoms with van der Waals surface area (Å²) in [6.07, 6.45) is 0.213. The van der Waals surface area contributed by atoms with Crippen LogP contribution in [0.3, 0.4) is 0 Å². The maximum absolute atomic E-state index is 10.7. The van der Waals surface area contributed by atoms with E-state index in [1.807, 2.05) is 20.8 Å². The molecule has 0 aromatic rings. The molecule has 0 amide bonds. The molecule has 1 saturated heterocycles. The minimum atomic E-state index is -0.595. The summed E-state index contributed by atoms with van der Waals surface area (Å²) in [6.45, 7) is 6.63. The smallest absolute Gasteiger partial charge is 0.0662 e. The second-order valence-electron chi connectivity index (χ2n) is 1.99. The summed E-state index contributed by atoms with van der Waals surface area (Å²) in [6, 6.07) is 0. The maximum atomic E-state index is 10.7. The van der Waals surface area contributed by atoms with Crippen LogP contribution in [0.25, 0.3) is 0 Å². The Kier molecular flexibility index (Phi) is 5.93. The Morgan fingerprint density at radius 3 is 2.40 bits per heavy atom. The van der Waals surface area contributed by atoms with Crippen molar-refractivity contribution < 1.29 is 8.95 Å². The van der Waals surface area contributed by atoms with Crippen LogP contribution in [0.1, 0.15) is 20.8 Å². The molecule has 10 heavy (non-hydrogen) atoms. The van der Waals surface area contributed by atoms with Crippen LogP contribution in [0.5, 0.6) is 0 Å². The van der Waals surface area contributed by atoms with E-state index >= 15 is 0 Å². The molecule has 0 saturated carbocycles. The van der Waals surface area contributed by atoms with Gasteiger partial charge in [-0.1, -0.05) is 13.8 Å². The van der Waals surface area contributed by atoms with Crippen molar-refractivity contribution in [2.24, 2.45) is 0 Å². The molecule has 1 rings (SSSR count). The van der Waals surface area contributed by atoms with Gasteiger partial charge < -0.3 is 4.74 Å². The van der Waals surface area contributed by atoms with E-state index in [9.17, 15) is 4.21 Å². The molecule has 0 aromatic carbocycles. The lowest BCUT2D eigenvalue weighted by molar-refractivity contribution is 0.0872. The summed E-state index contributed by atoms with van der Waals surface area (Å²) >= 11 is 0. The zero-order valence-electron chi connectivity index (χ0n) is 6.92. The minimum Gasteiger partial charge on any atom is -0.377 e. The molecular weight excluding hydrogens is 148 g/mol. The molecule has 1 heterocycles. The Morgan fingerprint density at radius 1 is 1.50 bits per heavy atom. The molecule has 0 aromatic heterocycles. The van der Waals surface area contributed by atoms with Crippen molar-refractivity contribution >= 4 is 10.8 Å². The maximum Gasteiger partial charge on any atom is 0.0662 e. The lowest BCUT2D eigenvalue weighted by Crippen LogP contribution is -2.27. The van der Waals surface area contributed by atoms with E-state index in [0.29, 0.717) is 6.61 Å². The predicted molar refractivity (Wildman–Crippen MR) is 44.6 cm³/mol. The van der Waals surface area contributed by atoms with Gasteiger partial charge in [0.1, 0.15) is 0 Å². The first-order valence-corrected chi connectivity index (χ1v) is 5.24. The summed E-state index contributed by atoms with van der Waals surface area (Å²) in [5.41, 5.74) is 0. The lowest BCUT2D eigenvalue weighted by atomic mass is 10.5. The molecule has 0 aliphatic carbocycles. The Bertz CT molecular complexity index is 104. The average molecular weight is 164 g/mol. The van der Waals surface area contributed by atoms with Crippen LogP contribution in [0.4, 0.5) is 0 Å². The third kappa shape index (κ3) is 4.01. The topological polar surface area (TPSA) is 26.3 Å². The van der Waals surface area contributed by atoms with Gasteiger partial charge in [0.05, 0.1) is 12.7 Å². The van der Waals surface area contributed by atoms with Crippen molar-refractivity contribution in [3.63, 3.8) is 0 Å². The molecule has 1 aliphatic rings. The number of rotatable bonds is 0. The van der Waals surface area contributed by atoms with E-state index < -0.39 is 10.8 Å². The Hall–Kier alpha value is 0.110. The van der Waals surface area contributed by atoms with Crippen LogP contribution in [-0.2, 0) is 15.5 Å². The van der Waals surface area contributed by atoms with E-state index in [-0.39, 0.29) is 6.10 Å². The summed E-state index contributed by atoms with van der Waals surface area (Å²) in [4.78, 5) is 0. The van der Waals surface area contributed by atoms with Crippen LogP contribution in [0, 0.1) is 0 Å². The fraction of sp³-hybridized carbons (Fsp3) is 1.00. The normalized spacial score (nSPS) is 32.3. The van der Waals surface area contributed by atoms with Gasteiger partial charge in [-0.2, -0.15) is 0 Å². The van der Waals surface area contributed by atoms with E-state index in [0.717, 1.165) is 11.5 Å². The summed E-state index contributed by atoms with van der Waals surface area (Å²) < 4.78 is 15.9. The van der Waals surface area contributed by atoms with Crippen LogP contribution in [0.2, 0.25) is 0 Å². The van der Waals surface area contributed by atoms with Crippen LogP contribution >= 0.6 is 0 Å². The van der Waals surface area contributed by atoms with E-state index in [2.05, 4.69) is 0 Å². The van der Waals surface area contributed by atoms with Crippen molar-refractivity contribution in [3.05, 3.63) is 0 Å². The zero-order chi connectivity index (χ0) is 7.98. The molecule has 1 fully saturated rings. The number of ether oxygens (including phenoxy) is 1. The molecule has 0 N–H and O–H groups in total. The van der Waals surface area contributed by atoms with Crippen LogP contribution < -0.4 is 0 Å². The summed E-state index contributed by atoms with van der Waals surface area (Å²) in [5, 5.41) is 0. The fourth-order valence-electron chi connectivity index (χ4n) is 0.735. The minimum absolute atomic E-state index is 0.213. The molecule has 2 atom stereocenters. The molecule has 1 aliphatic heterocycles. The monoisotopic (exact) mass is 164 g/mol. The molecule has 3 heteroatoms. The Morgan fingerprint density at radius 2 is 2.10 bits per heavy atom. The molecular formula is C7H16O2S. The van der Waals surface area contributed by atoms with E-state index in [4.69, 9.17) is 4.74 Å². The van der Waals surface area contributed by atoms with Crippen molar-refractivity contribution in [1.82, 2.24) is 0 Å². The van der Waals surface area contributed by atoms with Gasteiger partial charge in [0, 0.05) is 22.3 Å². The van der Waals surface area contributed by atoms with Gasteiger partial charge in [0.15, 0.2) is 0 Å². The predicted octanol–water partition coefficient (Wildman–Crippen LogP) is 1.18. The van der Waals surface area contributed by atoms with Gasteiger partial charge in [-0.05, 0) is 6.92 Å². The standard InChI is InChI=1S/C5H10O2S.C2H6/c1-5-4-8(6)3-2-7-5;1-2/h5H,2-4H2,1H3;1-2H3. The van der Waals surface area contributed by atoms with Crippen LogP contribution in [-0.4, -0.2) is 28.4 Å². The lowest BCUT2D eigenvalue weighted by Gasteiger charge is -2.17. The Balaban J connectivity index is 0.000000371. The van der Waals surface area contributed by atoms with E-state index in [1.54, 1.807) is 0 Å². The van der Waals surface area contributed by atoms with Crippen molar-refractivity contribution in [3.8, 4) is 0 Å². The Labute approximate surface area is 65.4 Å². The third-order valence-corrected chi connectivity index (χ3v) is 2.60. The first kappa shape index (κ1) is 10.1. The van der Waals surface area contributed by atoms with Crippen molar-refractivity contribution in [2.75, 3.05) is 18.1 Å². The van der Waals surface area contributed by atoms with Gasteiger partial charge in [0.25, 0.3) is 0 Å². The molecule has 2 nitrogen and oxygen atoms in total. The van der Waals surface area contributed by atoms with Gasteiger partial charge in [0.2, 0.25) is 0 Å². The largest absolute Gasteiger partial charge is 0.377 e. The first-order valence-electron chi connectivity index (χ1n) is 3.75. The number of hydrogen-bond donors (Lipinski definition) is 0. The SMILES string of the molecule is CC.CC1CS(=O)CCO1. The van der Waals surface area contributed by atoms with E-state index in [1.165, 1.54) is 0 Å². The molecule has 0 bridgehead atoms. The highest BCUT2D eigenvalue weighted by atomic mass is 32.2. The third-order valence-electron chi connectivity index (χ3n) is 1.13. The van der Waals surface area contributed by atoms with Crippen molar-refractivity contribution in [2.45, 2.75) is 26.9 Å². The summed E-state index contributed by atoms with van der Waals surface area (Å²) in [7, 11) is -0.595. The van der Waals surface area contributed by atoms with Crippen LogP contribution in [0.15, 0.2) is 0 Å². The highest BCUT2D eigenvalue weighted by molar-refractivity contribution is 7.85. The zero-order valence-corrected chi connectivity index (χ0v) is 7.74. The fourth-order valence-corrected chi connectivity index (χ4v) is 1.80. The van der Waals surface area contributed by atoms with Gasteiger partial charge >= 0.3 is 0 Å². The first-order chi connectivity index (χ1) is 4.79. The average Bonchev–Trinajstić information content (AvgIpc) is 1.91. The molecule has 0 radical (unpaired) electrons. The van der Waals surface area contributed by atoms with Crippen molar-refractivity contribution in [1.29, 1.82) is 0 Å². The molecule has 0 spiro atoms. The highest BCUT2D eigenvalue weighted by Gasteiger charge is 2.13. The molecule has 62 valence electrons. The van der Waals surface area contributed by atoms with Gasteiger partial charge in [-0.3, -0.25) is 4.21 Å². The molecule has 2 unspecified atom stereocenters. The number of hydrogen-bond acceptors (Lipinski definition) is 2. The van der Waals surface area contributed by atoms with Gasteiger partial charge in [-0.15, -0.1) is 0 Å². The van der Waals surface area contributed by atoms with Gasteiger partial charge in [-0.25, -0.2) is 0 Å². The highest BCUT2D eigenvalue weighted by Crippen LogP contribution is 2.00.